The first-order chi connectivity index (χ1) is 10.0. The molecule has 1 N–H and O–H groups in total. The smallest absolute Gasteiger partial charge is 0.310 e. The van der Waals surface area contributed by atoms with Gasteiger partial charge in [-0.2, -0.15) is 18.3 Å². The van der Waals surface area contributed by atoms with E-state index < -0.39 is 18.6 Å². The van der Waals surface area contributed by atoms with Crippen LogP contribution in [0.15, 0.2) is 48.8 Å². The van der Waals surface area contributed by atoms with Crippen LogP contribution in [0.2, 0.25) is 0 Å². The summed E-state index contributed by atoms with van der Waals surface area (Å²) in [6.45, 7) is 1.20. The van der Waals surface area contributed by atoms with Crippen molar-refractivity contribution in [2.75, 3.05) is 6.54 Å². The Labute approximate surface area is 121 Å². The maximum Gasteiger partial charge on any atom is 0.390 e. The minimum absolute atomic E-state index is 0.509. The zero-order valence-electron chi connectivity index (χ0n) is 11.6. The van der Waals surface area contributed by atoms with Gasteiger partial charge in [0, 0.05) is 25.0 Å². The number of rotatable bonds is 7. The summed E-state index contributed by atoms with van der Waals surface area (Å²) in [5.41, 5.74) is 0.661. The summed E-state index contributed by atoms with van der Waals surface area (Å²) in [5.74, 6) is 0. The average Bonchev–Trinajstić information content (AvgIpc) is 2.95. The molecule has 21 heavy (non-hydrogen) atoms. The molecule has 0 saturated heterocycles. The van der Waals surface area contributed by atoms with Crippen molar-refractivity contribution in [3.8, 4) is 0 Å². The Hall–Kier alpha value is -1.82. The van der Waals surface area contributed by atoms with Crippen LogP contribution in [0.3, 0.4) is 0 Å². The fourth-order valence-corrected chi connectivity index (χ4v) is 2.17. The van der Waals surface area contributed by atoms with Gasteiger partial charge in [0.15, 0.2) is 0 Å². The number of aryl methyl sites for hydroxylation is 1. The predicted octanol–water partition coefficient (Wildman–Crippen LogP) is 3.56. The minimum Gasteiger partial charge on any atom is -0.310 e. The molecular formula is C15H18F3N3. The molecule has 1 aromatic heterocycles. The van der Waals surface area contributed by atoms with Gasteiger partial charge in [0.05, 0.1) is 6.42 Å². The van der Waals surface area contributed by atoms with E-state index in [1.165, 1.54) is 0 Å². The zero-order chi connectivity index (χ0) is 15.1. The summed E-state index contributed by atoms with van der Waals surface area (Å²) in [5, 5.41) is 7.05. The van der Waals surface area contributed by atoms with Crippen LogP contribution in [-0.4, -0.2) is 22.5 Å². The molecule has 0 fully saturated rings. The van der Waals surface area contributed by atoms with Crippen molar-refractivity contribution in [1.82, 2.24) is 15.1 Å². The lowest BCUT2D eigenvalue weighted by molar-refractivity contribution is -0.140. The number of nitrogens with one attached hydrogen (secondary N) is 1. The maximum absolute atomic E-state index is 12.7. The molecule has 1 atom stereocenters. The van der Waals surface area contributed by atoms with Crippen LogP contribution in [0.4, 0.5) is 13.2 Å². The molecule has 3 nitrogen and oxygen atoms in total. The van der Waals surface area contributed by atoms with Crippen LogP contribution in [0.5, 0.6) is 0 Å². The second-order valence-electron chi connectivity index (χ2n) is 4.86. The molecule has 1 aromatic carbocycles. The summed E-state index contributed by atoms with van der Waals surface area (Å²) < 4.78 is 39.8. The molecule has 0 aliphatic heterocycles. The Morgan fingerprint density at radius 1 is 1.14 bits per heavy atom. The Kier molecular flexibility index (Phi) is 5.38. The first-order valence-electron chi connectivity index (χ1n) is 6.87. The second kappa shape index (κ2) is 7.26. The lowest BCUT2D eigenvalue weighted by Crippen LogP contribution is -2.28. The predicted molar refractivity (Wildman–Crippen MR) is 74.7 cm³/mol. The van der Waals surface area contributed by atoms with E-state index in [4.69, 9.17) is 0 Å². The Balaban J connectivity index is 1.87. The van der Waals surface area contributed by atoms with Gasteiger partial charge in [-0.1, -0.05) is 30.3 Å². The third kappa shape index (κ3) is 5.59. The molecule has 0 bridgehead atoms. The molecule has 0 aliphatic rings. The van der Waals surface area contributed by atoms with E-state index in [-0.39, 0.29) is 0 Å². The maximum atomic E-state index is 12.7. The van der Waals surface area contributed by atoms with Gasteiger partial charge in [-0.15, -0.1) is 0 Å². The molecule has 2 rings (SSSR count). The molecule has 114 valence electrons. The van der Waals surface area contributed by atoms with E-state index in [1.54, 1.807) is 41.2 Å². The van der Waals surface area contributed by atoms with Crippen molar-refractivity contribution in [3.63, 3.8) is 0 Å². The SMILES string of the molecule is FC(F)(F)CC(NCCCn1cccn1)c1ccccc1. The number of aromatic nitrogens is 2. The molecule has 1 heterocycles. The van der Waals surface area contributed by atoms with E-state index in [0.29, 0.717) is 18.7 Å². The fourth-order valence-electron chi connectivity index (χ4n) is 2.17. The van der Waals surface area contributed by atoms with Crippen LogP contribution < -0.4 is 5.32 Å². The highest BCUT2D eigenvalue weighted by Gasteiger charge is 2.32. The molecule has 0 radical (unpaired) electrons. The quantitative estimate of drug-likeness (QED) is 0.792. The number of hydrogen-bond acceptors (Lipinski definition) is 2. The summed E-state index contributed by atoms with van der Waals surface area (Å²) in [6.07, 6.45) is -0.800. The lowest BCUT2D eigenvalue weighted by Gasteiger charge is -2.20. The Morgan fingerprint density at radius 3 is 2.52 bits per heavy atom. The third-order valence-corrected chi connectivity index (χ3v) is 3.15. The van der Waals surface area contributed by atoms with E-state index in [2.05, 4.69) is 10.4 Å². The van der Waals surface area contributed by atoms with Gasteiger partial charge in [-0.3, -0.25) is 4.68 Å². The third-order valence-electron chi connectivity index (χ3n) is 3.15. The zero-order valence-corrected chi connectivity index (χ0v) is 11.6. The van der Waals surface area contributed by atoms with Crippen LogP contribution >= 0.6 is 0 Å². The van der Waals surface area contributed by atoms with Crippen molar-refractivity contribution >= 4 is 0 Å². The van der Waals surface area contributed by atoms with Gasteiger partial charge in [-0.25, -0.2) is 0 Å². The van der Waals surface area contributed by atoms with Gasteiger partial charge in [0.2, 0.25) is 0 Å². The highest BCUT2D eigenvalue weighted by molar-refractivity contribution is 5.19. The largest absolute Gasteiger partial charge is 0.390 e. The van der Waals surface area contributed by atoms with Crippen molar-refractivity contribution in [2.24, 2.45) is 0 Å². The molecule has 1 unspecified atom stereocenters. The average molecular weight is 297 g/mol. The van der Waals surface area contributed by atoms with E-state index >= 15 is 0 Å². The number of hydrogen-bond donors (Lipinski definition) is 1. The van der Waals surface area contributed by atoms with Crippen molar-refractivity contribution < 1.29 is 13.2 Å². The molecule has 0 saturated carbocycles. The number of halogens is 3. The van der Waals surface area contributed by atoms with E-state index in [0.717, 1.165) is 6.42 Å². The lowest BCUT2D eigenvalue weighted by atomic mass is 10.0. The standard InChI is InChI=1S/C15H18F3N3/c16-15(17,18)12-14(13-6-2-1-3-7-13)19-8-4-10-21-11-5-9-20-21/h1-3,5-7,9,11,14,19H,4,8,10,12H2. The van der Waals surface area contributed by atoms with Gasteiger partial charge in [-0.05, 0) is 24.6 Å². The molecule has 0 aliphatic carbocycles. The Bertz CT molecular complexity index is 509. The second-order valence-corrected chi connectivity index (χ2v) is 4.86. The first kappa shape index (κ1) is 15.6. The topological polar surface area (TPSA) is 29.9 Å². The van der Waals surface area contributed by atoms with Crippen LogP contribution in [-0.2, 0) is 6.54 Å². The van der Waals surface area contributed by atoms with Crippen LogP contribution in [0, 0.1) is 0 Å². The normalized spacial score (nSPS) is 13.3. The van der Waals surface area contributed by atoms with Gasteiger partial charge in [0.1, 0.15) is 0 Å². The van der Waals surface area contributed by atoms with Crippen LogP contribution in [0.1, 0.15) is 24.4 Å². The number of benzene rings is 1. The van der Waals surface area contributed by atoms with Gasteiger partial charge >= 0.3 is 6.18 Å². The molecular weight excluding hydrogens is 279 g/mol. The molecule has 6 heteroatoms. The Morgan fingerprint density at radius 2 is 1.90 bits per heavy atom. The fraction of sp³-hybridized carbons (Fsp3) is 0.400. The van der Waals surface area contributed by atoms with Crippen molar-refractivity contribution in [3.05, 3.63) is 54.4 Å². The summed E-state index contributed by atoms with van der Waals surface area (Å²) >= 11 is 0. The highest BCUT2D eigenvalue weighted by Crippen LogP contribution is 2.29. The van der Waals surface area contributed by atoms with Crippen molar-refractivity contribution in [2.45, 2.75) is 31.6 Å². The molecule has 2 aromatic rings. The summed E-state index contributed by atoms with van der Waals surface area (Å²) in [6, 6.07) is 9.86. The van der Waals surface area contributed by atoms with Gasteiger partial charge in [0.25, 0.3) is 0 Å². The van der Waals surface area contributed by atoms with E-state index in [1.807, 2.05) is 12.3 Å². The molecule has 0 amide bonds. The molecule has 0 spiro atoms. The van der Waals surface area contributed by atoms with Crippen LogP contribution in [0.25, 0.3) is 0 Å². The number of nitrogens with zero attached hydrogens (tertiary/aromatic N) is 2. The van der Waals surface area contributed by atoms with Crippen molar-refractivity contribution in [1.29, 1.82) is 0 Å². The summed E-state index contributed by atoms with van der Waals surface area (Å²) in [4.78, 5) is 0. The minimum atomic E-state index is -4.19. The summed E-state index contributed by atoms with van der Waals surface area (Å²) in [7, 11) is 0. The first-order valence-corrected chi connectivity index (χ1v) is 6.87. The number of alkyl halides is 3. The van der Waals surface area contributed by atoms with Gasteiger partial charge < -0.3 is 5.32 Å². The monoisotopic (exact) mass is 297 g/mol. The van der Waals surface area contributed by atoms with E-state index in [9.17, 15) is 13.2 Å². The highest BCUT2D eigenvalue weighted by atomic mass is 19.4.